The molecule has 0 bridgehead atoms. The quantitative estimate of drug-likeness (QED) is 0.578. The van der Waals surface area contributed by atoms with Crippen LogP contribution in [-0.4, -0.2) is 30.2 Å². The minimum atomic E-state index is -0.841. The molecule has 0 aromatic carbocycles. The van der Waals surface area contributed by atoms with Gasteiger partial charge in [-0.2, -0.15) is 0 Å². The predicted molar refractivity (Wildman–Crippen MR) is 50.1 cm³/mol. The molecule has 0 radical (unpaired) electrons. The van der Waals surface area contributed by atoms with E-state index in [1.807, 2.05) is 6.92 Å². The van der Waals surface area contributed by atoms with Crippen LogP contribution in [0.3, 0.4) is 0 Å². The van der Waals surface area contributed by atoms with Gasteiger partial charge in [0.15, 0.2) is 0 Å². The van der Waals surface area contributed by atoms with Gasteiger partial charge in [-0.3, -0.25) is 4.90 Å². The third kappa shape index (κ3) is 2.44. The molecule has 1 aliphatic rings. The molecule has 2 heteroatoms. The molecule has 0 saturated carbocycles. The summed E-state index contributed by atoms with van der Waals surface area (Å²) in [5.41, 5.74) is -0.841. The minimum Gasteiger partial charge on any atom is -0.297 e. The molecule has 0 spiro atoms. The van der Waals surface area contributed by atoms with Gasteiger partial charge in [-0.25, -0.2) is 4.39 Å². The second-order valence-corrected chi connectivity index (χ2v) is 3.92. The number of hydrogen-bond acceptors (Lipinski definition) is 1. The number of rotatable bonds is 5. The van der Waals surface area contributed by atoms with Crippen LogP contribution in [0.15, 0.2) is 0 Å². The molecule has 1 aliphatic heterocycles. The first-order valence-electron chi connectivity index (χ1n) is 5.11. The molecule has 0 amide bonds. The van der Waals surface area contributed by atoms with E-state index in [9.17, 15) is 4.39 Å². The van der Waals surface area contributed by atoms with Gasteiger partial charge in [0.25, 0.3) is 0 Å². The summed E-state index contributed by atoms with van der Waals surface area (Å²) in [7, 11) is 0. The standard InChI is InChI=1S/C10H20FN/c1-3-5-6-7-12-8-10(11,4-2)9-12/h3-9H2,1-2H3. The number of nitrogens with zero attached hydrogens (tertiary/aromatic N) is 1. The number of unbranched alkanes of at least 4 members (excludes halogenated alkanes) is 2. The first kappa shape index (κ1) is 9.97. The van der Waals surface area contributed by atoms with Gasteiger partial charge in [-0.1, -0.05) is 26.7 Å². The van der Waals surface area contributed by atoms with E-state index < -0.39 is 5.67 Å². The first-order valence-corrected chi connectivity index (χ1v) is 5.11. The van der Waals surface area contributed by atoms with Crippen molar-refractivity contribution in [3.8, 4) is 0 Å². The fourth-order valence-electron chi connectivity index (χ4n) is 1.72. The van der Waals surface area contributed by atoms with Crippen molar-refractivity contribution in [1.29, 1.82) is 0 Å². The second-order valence-electron chi connectivity index (χ2n) is 3.92. The molecule has 1 rings (SSSR count). The Labute approximate surface area is 74.9 Å². The highest BCUT2D eigenvalue weighted by Gasteiger charge is 2.40. The highest BCUT2D eigenvalue weighted by Crippen LogP contribution is 2.28. The summed E-state index contributed by atoms with van der Waals surface area (Å²) in [6.45, 7) is 6.57. The van der Waals surface area contributed by atoms with Crippen molar-refractivity contribution in [3.63, 3.8) is 0 Å². The Balaban J connectivity index is 2.02. The SMILES string of the molecule is CCCCCN1CC(F)(CC)C1. The molecule has 0 aromatic rings. The molecule has 0 aliphatic carbocycles. The van der Waals surface area contributed by atoms with Gasteiger partial charge < -0.3 is 0 Å². The Morgan fingerprint density at radius 3 is 2.42 bits per heavy atom. The van der Waals surface area contributed by atoms with Crippen molar-refractivity contribution in [1.82, 2.24) is 4.90 Å². The minimum absolute atomic E-state index is 0.674. The first-order chi connectivity index (χ1) is 5.70. The van der Waals surface area contributed by atoms with E-state index in [1.54, 1.807) is 0 Å². The lowest BCUT2D eigenvalue weighted by molar-refractivity contribution is -0.0348. The monoisotopic (exact) mass is 173 g/mol. The van der Waals surface area contributed by atoms with Gasteiger partial charge in [0.05, 0.1) is 0 Å². The molecule has 0 unspecified atom stereocenters. The van der Waals surface area contributed by atoms with E-state index in [1.165, 1.54) is 19.3 Å². The third-order valence-corrected chi connectivity index (χ3v) is 2.73. The maximum Gasteiger partial charge on any atom is 0.136 e. The zero-order valence-electron chi connectivity index (χ0n) is 8.27. The molecular formula is C10H20FN. The van der Waals surface area contributed by atoms with Gasteiger partial charge in [0.2, 0.25) is 0 Å². The fraction of sp³-hybridized carbons (Fsp3) is 1.00. The average molecular weight is 173 g/mol. The lowest BCUT2D eigenvalue weighted by Crippen LogP contribution is -2.58. The van der Waals surface area contributed by atoms with E-state index in [2.05, 4.69) is 11.8 Å². The van der Waals surface area contributed by atoms with Crippen molar-refractivity contribution in [3.05, 3.63) is 0 Å². The smallest absolute Gasteiger partial charge is 0.136 e. The molecule has 1 saturated heterocycles. The van der Waals surface area contributed by atoms with Gasteiger partial charge in [0.1, 0.15) is 5.67 Å². The van der Waals surface area contributed by atoms with Crippen LogP contribution in [0.4, 0.5) is 4.39 Å². The van der Waals surface area contributed by atoms with Crippen LogP contribution < -0.4 is 0 Å². The molecule has 1 nitrogen and oxygen atoms in total. The van der Waals surface area contributed by atoms with Crippen LogP contribution in [0.25, 0.3) is 0 Å². The van der Waals surface area contributed by atoms with Gasteiger partial charge in [-0.05, 0) is 19.4 Å². The molecule has 0 aromatic heterocycles. The van der Waals surface area contributed by atoms with E-state index in [0.717, 1.165) is 6.54 Å². The average Bonchev–Trinajstić information content (AvgIpc) is 2.01. The summed E-state index contributed by atoms with van der Waals surface area (Å²) in [4.78, 5) is 2.22. The number of halogens is 1. The van der Waals surface area contributed by atoms with Crippen molar-refractivity contribution in [2.75, 3.05) is 19.6 Å². The van der Waals surface area contributed by atoms with E-state index >= 15 is 0 Å². The number of likely N-dealkylation sites (tertiary alicyclic amines) is 1. The second kappa shape index (κ2) is 4.22. The van der Waals surface area contributed by atoms with Crippen LogP contribution in [0.5, 0.6) is 0 Å². The van der Waals surface area contributed by atoms with E-state index in [0.29, 0.717) is 19.5 Å². The Bertz CT molecular complexity index is 130. The molecule has 12 heavy (non-hydrogen) atoms. The molecule has 72 valence electrons. The highest BCUT2D eigenvalue weighted by molar-refractivity contribution is 4.94. The highest BCUT2D eigenvalue weighted by atomic mass is 19.1. The van der Waals surface area contributed by atoms with Crippen molar-refractivity contribution in [2.45, 2.75) is 45.2 Å². The summed E-state index contributed by atoms with van der Waals surface area (Å²) in [6, 6.07) is 0. The lowest BCUT2D eigenvalue weighted by Gasteiger charge is -2.44. The van der Waals surface area contributed by atoms with Crippen molar-refractivity contribution < 1.29 is 4.39 Å². The summed E-state index contributed by atoms with van der Waals surface area (Å²) in [5, 5.41) is 0. The van der Waals surface area contributed by atoms with Gasteiger partial charge >= 0.3 is 0 Å². The number of alkyl halides is 1. The summed E-state index contributed by atoms with van der Waals surface area (Å²) in [6.07, 6.45) is 4.44. The zero-order chi connectivity index (χ0) is 9.03. The normalized spacial score (nSPS) is 22.2. The van der Waals surface area contributed by atoms with Crippen LogP contribution in [-0.2, 0) is 0 Å². The largest absolute Gasteiger partial charge is 0.297 e. The van der Waals surface area contributed by atoms with Crippen molar-refractivity contribution in [2.24, 2.45) is 0 Å². The van der Waals surface area contributed by atoms with Crippen LogP contribution >= 0.6 is 0 Å². The third-order valence-electron chi connectivity index (χ3n) is 2.73. The van der Waals surface area contributed by atoms with Gasteiger partial charge in [0, 0.05) is 13.1 Å². The van der Waals surface area contributed by atoms with Crippen LogP contribution in [0.1, 0.15) is 39.5 Å². The van der Waals surface area contributed by atoms with Crippen LogP contribution in [0, 0.1) is 0 Å². The molecular weight excluding hydrogens is 153 g/mol. The maximum atomic E-state index is 13.4. The molecule has 0 atom stereocenters. The summed E-state index contributed by atoms with van der Waals surface area (Å²) >= 11 is 0. The Morgan fingerprint density at radius 2 is 1.92 bits per heavy atom. The Morgan fingerprint density at radius 1 is 1.25 bits per heavy atom. The summed E-state index contributed by atoms with van der Waals surface area (Å²) in [5.74, 6) is 0. The predicted octanol–water partition coefficient (Wildman–Crippen LogP) is 2.61. The topological polar surface area (TPSA) is 3.24 Å². The molecule has 1 fully saturated rings. The van der Waals surface area contributed by atoms with Crippen molar-refractivity contribution >= 4 is 0 Å². The molecule has 1 heterocycles. The lowest BCUT2D eigenvalue weighted by atomic mass is 9.93. The molecule has 0 N–H and O–H groups in total. The fourth-order valence-corrected chi connectivity index (χ4v) is 1.72. The van der Waals surface area contributed by atoms with Crippen LogP contribution in [0.2, 0.25) is 0 Å². The van der Waals surface area contributed by atoms with E-state index in [-0.39, 0.29) is 0 Å². The summed E-state index contributed by atoms with van der Waals surface area (Å²) < 4.78 is 13.4. The van der Waals surface area contributed by atoms with E-state index in [4.69, 9.17) is 0 Å². The number of hydrogen-bond donors (Lipinski definition) is 0. The van der Waals surface area contributed by atoms with Gasteiger partial charge in [-0.15, -0.1) is 0 Å². The zero-order valence-corrected chi connectivity index (χ0v) is 8.27. The maximum absolute atomic E-state index is 13.4. The Kier molecular flexibility index (Phi) is 3.51. The Hall–Kier alpha value is -0.110.